The van der Waals surface area contributed by atoms with Crippen LogP contribution in [0.3, 0.4) is 0 Å². The van der Waals surface area contributed by atoms with Gasteiger partial charge in [0.2, 0.25) is 0 Å². The summed E-state index contributed by atoms with van der Waals surface area (Å²) in [6.07, 6.45) is 3.86. The molecule has 1 aromatic carbocycles. The number of benzene rings is 1. The van der Waals surface area contributed by atoms with Crippen LogP contribution in [-0.2, 0) is 18.3 Å². The second-order valence-electron chi connectivity index (χ2n) is 6.84. The molecule has 0 spiro atoms. The maximum atomic E-state index is 5.96. The molecule has 9 heteroatoms. The first kappa shape index (κ1) is 24.3. The molecular weight excluding hydrogens is 497 g/mol. The number of aromatic nitrogens is 2. The van der Waals surface area contributed by atoms with Crippen molar-refractivity contribution < 1.29 is 14.2 Å². The van der Waals surface area contributed by atoms with Gasteiger partial charge in [0.15, 0.2) is 17.5 Å². The summed E-state index contributed by atoms with van der Waals surface area (Å²) in [4.78, 5) is 7.10. The standard InChI is InChI=1S/C21H31N5O3.HI/c1-5-22-21(23-12-16-7-8-18(28-6-2)19(11-16)27-4)26-9-10-29-20(15-26)17-13-24-25(3)14-17;/h7-8,11,13-14,20H,5-6,9-10,12,15H2,1-4H3,(H,22,23);1H. The van der Waals surface area contributed by atoms with Crippen molar-refractivity contribution in [2.75, 3.05) is 40.0 Å². The third kappa shape index (κ3) is 6.24. The van der Waals surface area contributed by atoms with Crippen molar-refractivity contribution in [3.05, 3.63) is 41.7 Å². The predicted octanol–water partition coefficient (Wildman–Crippen LogP) is 2.98. The lowest BCUT2D eigenvalue weighted by atomic mass is 10.1. The Kier molecular flexibility index (Phi) is 9.70. The van der Waals surface area contributed by atoms with E-state index in [1.54, 1.807) is 11.8 Å². The maximum absolute atomic E-state index is 5.96. The molecule has 0 amide bonds. The van der Waals surface area contributed by atoms with E-state index in [0.29, 0.717) is 19.8 Å². The third-order valence-electron chi connectivity index (χ3n) is 4.74. The predicted molar refractivity (Wildman–Crippen MR) is 128 cm³/mol. The van der Waals surface area contributed by atoms with Crippen LogP contribution in [0.4, 0.5) is 0 Å². The van der Waals surface area contributed by atoms with Gasteiger partial charge in [-0.05, 0) is 31.5 Å². The van der Waals surface area contributed by atoms with Gasteiger partial charge in [0.05, 0.1) is 39.6 Å². The first-order valence-corrected chi connectivity index (χ1v) is 10.1. The summed E-state index contributed by atoms with van der Waals surface area (Å²) < 4.78 is 18.8. The van der Waals surface area contributed by atoms with E-state index in [2.05, 4.69) is 22.2 Å². The molecule has 0 bridgehead atoms. The van der Waals surface area contributed by atoms with E-state index in [9.17, 15) is 0 Å². The highest BCUT2D eigenvalue weighted by molar-refractivity contribution is 14.0. The highest BCUT2D eigenvalue weighted by atomic mass is 127. The van der Waals surface area contributed by atoms with Gasteiger partial charge < -0.3 is 24.4 Å². The zero-order valence-corrected chi connectivity index (χ0v) is 20.5. The molecule has 1 atom stereocenters. The molecule has 1 unspecified atom stereocenters. The Morgan fingerprint density at radius 2 is 2.17 bits per heavy atom. The van der Waals surface area contributed by atoms with E-state index in [1.807, 2.05) is 44.6 Å². The number of morpholine rings is 1. The molecule has 1 aliphatic rings. The van der Waals surface area contributed by atoms with E-state index >= 15 is 0 Å². The number of aliphatic imine (C=N–C) groups is 1. The summed E-state index contributed by atoms with van der Waals surface area (Å²) in [7, 11) is 3.57. The van der Waals surface area contributed by atoms with Crippen LogP contribution < -0.4 is 14.8 Å². The van der Waals surface area contributed by atoms with Crippen molar-refractivity contribution in [2.45, 2.75) is 26.5 Å². The van der Waals surface area contributed by atoms with Gasteiger partial charge in [0, 0.05) is 31.9 Å². The van der Waals surface area contributed by atoms with E-state index in [-0.39, 0.29) is 30.1 Å². The number of guanidine groups is 1. The molecule has 1 N–H and O–H groups in total. The lowest BCUT2D eigenvalue weighted by Crippen LogP contribution is -2.48. The number of hydrogen-bond donors (Lipinski definition) is 1. The van der Waals surface area contributed by atoms with Crippen LogP contribution in [0.25, 0.3) is 0 Å². The van der Waals surface area contributed by atoms with Gasteiger partial charge in [-0.2, -0.15) is 5.10 Å². The molecule has 0 saturated carbocycles. The number of ether oxygens (including phenoxy) is 3. The fourth-order valence-corrected chi connectivity index (χ4v) is 3.33. The smallest absolute Gasteiger partial charge is 0.194 e. The molecule has 1 saturated heterocycles. The molecular formula is C21H32IN5O3. The quantitative estimate of drug-likeness (QED) is 0.338. The number of methoxy groups -OCH3 is 1. The van der Waals surface area contributed by atoms with E-state index < -0.39 is 0 Å². The second-order valence-corrected chi connectivity index (χ2v) is 6.84. The summed E-state index contributed by atoms with van der Waals surface area (Å²) in [6.45, 7) is 8.20. The molecule has 2 aromatic rings. The third-order valence-corrected chi connectivity index (χ3v) is 4.74. The van der Waals surface area contributed by atoms with Gasteiger partial charge >= 0.3 is 0 Å². The fourth-order valence-electron chi connectivity index (χ4n) is 3.33. The SMILES string of the molecule is CCNC(=NCc1ccc(OCC)c(OC)c1)N1CCOC(c2cnn(C)c2)C1.I. The number of hydrogen-bond acceptors (Lipinski definition) is 5. The Bertz CT molecular complexity index is 827. The van der Waals surface area contributed by atoms with Gasteiger partial charge in [0.25, 0.3) is 0 Å². The van der Waals surface area contributed by atoms with Crippen LogP contribution in [-0.4, -0.2) is 60.6 Å². The minimum absolute atomic E-state index is 0. The largest absolute Gasteiger partial charge is 0.493 e. The minimum atomic E-state index is -0.00752. The number of aryl methyl sites for hydroxylation is 1. The molecule has 8 nitrogen and oxygen atoms in total. The van der Waals surface area contributed by atoms with Gasteiger partial charge in [-0.15, -0.1) is 24.0 Å². The Hall–Kier alpha value is -2.01. The lowest BCUT2D eigenvalue weighted by Gasteiger charge is -2.34. The number of halogens is 1. The molecule has 166 valence electrons. The molecule has 3 rings (SSSR count). The molecule has 30 heavy (non-hydrogen) atoms. The molecule has 2 heterocycles. The average Bonchev–Trinajstić information content (AvgIpc) is 3.18. The van der Waals surface area contributed by atoms with Crippen molar-refractivity contribution in [1.82, 2.24) is 20.0 Å². The first-order valence-electron chi connectivity index (χ1n) is 10.1. The fraction of sp³-hybridized carbons (Fsp3) is 0.524. The Morgan fingerprint density at radius 3 is 2.83 bits per heavy atom. The Morgan fingerprint density at radius 1 is 1.33 bits per heavy atom. The van der Waals surface area contributed by atoms with Crippen molar-refractivity contribution in [2.24, 2.45) is 12.0 Å². The van der Waals surface area contributed by atoms with Crippen LogP contribution in [0.1, 0.15) is 31.1 Å². The molecule has 0 radical (unpaired) electrons. The Labute approximate surface area is 195 Å². The van der Waals surface area contributed by atoms with Crippen LogP contribution in [0.2, 0.25) is 0 Å². The van der Waals surface area contributed by atoms with Crippen LogP contribution in [0, 0.1) is 0 Å². The molecule has 0 aliphatic carbocycles. The van der Waals surface area contributed by atoms with Crippen molar-refractivity contribution in [3.8, 4) is 11.5 Å². The van der Waals surface area contributed by atoms with E-state index in [1.165, 1.54) is 0 Å². The van der Waals surface area contributed by atoms with Gasteiger partial charge in [-0.1, -0.05) is 6.07 Å². The topological polar surface area (TPSA) is 73.1 Å². The van der Waals surface area contributed by atoms with Crippen LogP contribution >= 0.6 is 24.0 Å². The lowest BCUT2D eigenvalue weighted by molar-refractivity contribution is -0.00805. The van der Waals surface area contributed by atoms with Crippen molar-refractivity contribution in [3.63, 3.8) is 0 Å². The maximum Gasteiger partial charge on any atom is 0.194 e. The second kappa shape index (κ2) is 12.0. The van der Waals surface area contributed by atoms with Crippen molar-refractivity contribution in [1.29, 1.82) is 0 Å². The molecule has 1 fully saturated rings. The normalized spacial score (nSPS) is 16.7. The first-order chi connectivity index (χ1) is 14.1. The van der Waals surface area contributed by atoms with Crippen molar-refractivity contribution >= 4 is 29.9 Å². The van der Waals surface area contributed by atoms with E-state index in [0.717, 1.165) is 48.2 Å². The average molecular weight is 529 g/mol. The zero-order valence-electron chi connectivity index (χ0n) is 18.1. The number of nitrogens with one attached hydrogen (secondary N) is 1. The zero-order chi connectivity index (χ0) is 20.6. The summed E-state index contributed by atoms with van der Waals surface area (Å²) >= 11 is 0. The van der Waals surface area contributed by atoms with Gasteiger partial charge in [-0.3, -0.25) is 4.68 Å². The summed E-state index contributed by atoms with van der Waals surface area (Å²) in [6, 6.07) is 5.95. The number of nitrogens with zero attached hydrogens (tertiary/aromatic N) is 4. The monoisotopic (exact) mass is 529 g/mol. The molecule has 1 aromatic heterocycles. The summed E-state index contributed by atoms with van der Waals surface area (Å²) in [5, 5.41) is 7.66. The van der Waals surface area contributed by atoms with E-state index in [4.69, 9.17) is 19.2 Å². The minimum Gasteiger partial charge on any atom is -0.493 e. The highest BCUT2D eigenvalue weighted by Crippen LogP contribution is 2.28. The van der Waals surface area contributed by atoms with Crippen LogP contribution in [0.5, 0.6) is 11.5 Å². The highest BCUT2D eigenvalue weighted by Gasteiger charge is 2.25. The van der Waals surface area contributed by atoms with Gasteiger partial charge in [0.1, 0.15) is 6.10 Å². The summed E-state index contributed by atoms with van der Waals surface area (Å²) in [5.41, 5.74) is 2.15. The summed E-state index contributed by atoms with van der Waals surface area (Å²) in [5.74, 6) is 2.37. The molecule has 1 aliphatic heterocycles. The van der Waals surface area contributed by atoms with Crippen LogP contribution in [0.15, 0.2) is 35.6 Å². The number of rotatable bonds is 7. The Balaban J connectivity index is 0.00000320. The van der Waals surface area contributed by atoms with Gasteiger partial charge in [-0.25, -0.2) is 4.99 Å².